The molecule has 0 aliphatic carbocycles. The van der Waals surface area contributed by atoms with Gasteiger partial charge < -0.3 is 20.9 Å². The smallest absolute Gasteiger partial charge is 0.253 e. The maximum atomic E-state index is 11.8. The van der Waals surface area contributed by atoms with E-state index < -0.39 is 6.10 Å². The van der Waals surface area contributed by atoms with Crippen LogP contribution in [0.15, 0.2) is 18.2 Å². The molecule has 1 aromatic carbocycles. The van der Waals surface area contributed by atoms with Gasteiger partial charge in [-0.2, -0.15) is 0 Å². The van der Waals surface area contributed by atoms with Gasteiger partial charge in [0.25, 0.3) is 5.91 Å². The Kier molecular flexibility index (Phi) is 4.78. The molecule has 1 rings (SSSR count). The number of carbonyl (C=O) groups is 1. The van der Waals surface area contributed by atoms with Crippen molar-refractivity contribution in [1.29, 1.82) is 0 Å². The van der Waals surface area contributed by atoms with Crippen LogP contribution in [-0.4, -0.2) is 30.8 Å². The van der Waals surface area contributed by atoms with Crippen molar-refractivity contribution in [3.8, 4) is 5.75 Å². The number of benzene rings is 1. The van der Waals surface area contributed by atoms with Crippen molar-refractivity contribution in [3.05, 3.63) is 23.8 Å². The molecule has 1 unspecified atom stereocenters. The highest BCUT2D eigenvalue weighted by molar-refractivity contribution is 5.99. The first kappa shape index (κ1) is 13.3. The van der Waals surface area contributed by atoms with Crippen LogP contribution in [0.4, 0.5) is 5.69 Å². The van der Waals surface area contributed by atoms with Gasteiger partial charge in [0.15, 0.2) is 0 Å². The molecule has 1 aromatic rings. The molecule has 0 aliphatic heterocycles. The summed E-state index contributed by atoms with van der Waals surface area (Å²) in [5, 5.41) is 11.8. The molecule has 4 N–H and O–H groups in total. The van der Waals surface area contributed by atoms with Crippen molar-refractivity contribution < 1.29 is 14.6 Å². The quantitative estimate of drug-likeness (QED) is 0.662. The van der Waals surface area contributed by atoms with E-state index in [1.54, 1.807) is 25.1 Å². The van der Waals surface area contributed by atoms with Gasteiger partial charge in [-0.15, -0.1) is 0 Å². The molecule has 1 amide bonds. The van der Waals surface area contributed by atoms with Crippen molar-refractivity contribution >= 4 is 11.6 Å². The Bertz CT molecular complexity index is 391. The summed E-state index contributed by atoms with van der Waals surface area (Å²) in [6, 6.07) is 4.91. The molecule has 0 aliphatic rings. The summed E-state index contributed by atoms with van der Waals surface area (Å²) in [7, 11) is 1.53. The minimum absolute atomic E-state index is 0.262. The lowest BCUT2D eigenvalue weighted by Gasteiger charge is -2.09. The van der Waals surface area contributed by atoms with E-state index >= 15 is 0 Å². The summed E-state index contributed by atoms with van der Waals surface area (Å²) in [6.45, 7) is 2.08. The third-order valence-corrected chi connectivity index (χ3v) is 2.35. The average Bonchev–Trinajstić information content (AvgIpc) is 2.29. The number of carbonyl (C=O) groups excluding carboxylic acids is 1. The van der Waals surface area contributed by atoms with Crippen molar-refractivity contribution in [3.63, 3.8) is 0 Å². The predicted octanol–water partition coefficient (Wildman–Crippen LogP) is 0.778. The van der Waals surface area contributed by atoms with Gasteiger partial charge in [-0.25, -0.2) is 0 Å². The van der Waals surface area contributed by atoms with Crippen molar-refractivity contribution in [2.24, 2.45) is 0 Å². The van der Waals surface area contributed by atoms with Gasteiger partial charge in [0.05, 0.1) is 18.8 Å². The standard InChI is InChI=1S/C12H18N2O3/c1-8(15)5-6-14-12(16)10-7-9(17-2)3-4-11(10)13/h3-4,7-8,15H,5-6,13H2,1-2H3,(H,14,16). The molecule has 0 saturated carbocycles. The van der Waals surface area contributed by atoms with Crippen LogP contribution in [0.2, 0.25) is 0 Å². The highest BCUT2D eigenvalue weighted by Gasteiger charge is 2.10. The molecule has 0 radical (unpaired) electrons. The molecule has 0 spiro atoms. The minimum atomic E-state index is -0.432. The topological polar surface area (TPSA) is 84.6 Å². The van der Waals surface area contributed by atoms with E-state index in [4.69, 9.17) is 15.6 Å². The molecule has 1 atom stereocenters. The Labute approximate surface area is 101 Å². The summed E-state index contributed by atoms with van der Waals surface area (Å²) in [4.78, 5) is 11.8. The van der Waals surface area contributed by atoms with E-state index in [2.05, 4.69) is 5.32 Å². The number of aliphatic hydroxyl groups is 1. The Morgan fingerprint density at radius 2 is 2.29 bits per heavy atom. The Morgan fingerprint density at radius 1 is 1.59 bits per heavy atom. The van der Waals surface area contributed by atoms with Crippen LogP contribution in [0.5, 0.6) is 5.75 Å². The number of rotatable bonds is 5. The van der Waals surface area contributed by atoms with Crippen LogP contribution >= 0.6 is 0 Å². The van der Waals surface area contributed by atoms with E-state index in [1.165, 1.54) is 7.11 Å². The highest BCUT2D eigenvalue weighted by Crippen LogP contribution is 2.19. The zero-order valence-electron chi connectivity index (χ0n) is 10.1. The number of amides is 1. The molecule has 5 nitrogen and oxygen atoms in total. The first-order chi connectivity index (χ1) is 8.04. The lowest BCUT2D eigenvalue weighted by Crippen LogP contribution is -2.27. The third kappa shape index (κ3) is 3.96. The van der Waals surface area contributed by atoms with Gasteiger partial charge in [0.1, 0.15) is 5.75 Å². The Hall–Kier alpha value is -1.75. The van der Waals surface area contributed by atoms with Crippen LogP contribution in [0.25, 0.3) is 0 Å². The van der Waals surface area contributed by atoms with Crippen LogP contribution in [0, 0.1) is 0 Å². The van der Waals surface area contributed by atoms with E-state index in [0.717, 1.165) is 0 Å². The van der Waals surface area contributed by atoms with Crippen LogP contribution in [0.3, 0.4) is 0 Å². The van der Waals surface area contributed by atoms with E-state index in [0.29, 0.717) is 30.0 Å². The molecule has 0 heterocycles. The number of nitrogens with one attached hydrogen (secondary N) is 1. The SMILES string of the molecule is COc1ccc(N)c(C(=O)NCCC(C)O)c1. The fraction of sp³-hybridized carbons (Fsp3) is 0.417. The number of methoxy groups -OCH3 is 1. The zero-order chi connectivity index (χ0) is 12.8. The summed E-state index contributed by atoms with van der Waals surface area (Å²) in [5.74, 6) is 0.321. The first-order valence-electron chi connectivity index (χ1n) is 5.44. The number of anilines is 1. The lowest BCUT2D eigenvalue weighted by atomic mass is 10.1. The van der Waals surface area contributed by atoms with Crippen molar-refractivity contribution in [2.75, 3.05) is 19.4 Å². The average molecular weight is 238 g/mol. The summed E-state index contributed by atoms with van der Waals surface area (Å²) in [6.07, 6.45) is 0.0771. The third-order valence-electron chi connectivity index (χ3n) is 2.35. The number of hydrogen-bond acceptors (Lipinski definition) is 4. The van der Waals surface area contributed by atoms with Gasteiger partial charge in [-0.3, -0.25) is 4.79 Å². The predicted molar refractivity (Wildman–Crippen MR) is 66.0 cm³/mol. The van der Waals surface area contributed by atoms with E-state index in [1.807, 2.05) is 0 Å². The minimum Gasteiger partial charge on any atom is -0.497 e. The second-order valence-electron chi connectivity index (χ2n) is 3.85. The molecule has 0 fully saturated rings. The Morgan fingerprint density at radius 3 is 2.88 bits per heavy atom. The molecule has 17 heavy (non-hydrogen) atoms. The fourth-order valence-electron chi connectivity index (χ4n) is 1.35. The molecule has 0 saturated heterocycles. The van der Waals surface area contributed by atoms with Crippen LogP contribution in [-0.2, 0) is 0 Å². The van der Waals surface area contributed by atoms with Crippen molar-refractivity contribution in [2.45, 2.75) is 19.4 Å². The molecular weight excluding hydrogens is 220 g/mol. The molecule has 94 valence electrons. The van der Waals surface area contributed by atoms with Gasteiger partial charge in [-0.05, 0) is 31.5 Å². The molecular formula is C12H18N2O3. The number of aliphatic hydroxyl groups excluding tert-OH is 1. The van der Waals surface area contributed by atoms with Crippen molar-refractivity contribution in [1.82, 2.24) is 5.32 Å². The number of ether oxygens (including phenoxy) is 1. The number of nitrogen functional groups attached to an aromatic ring is 1. The second kappa shape index (κ2) is 6.10. The summed E-state index contributed by atoms with van der Waals surface area (Å²) < 4.78 is 5.03. The van der Waals surface area contributed by atoms with Gasteiger partial charge >= 0.3 is 0 Å². The second-order valence-corrected chi connectivity index (χ2v) is 3.85. The van der Waals surface area contributed by atoms with E-state index in [9.17, 15) is 4.79 Å². The monoisotopic (exact) mass is 238 g/mol. The first-order valence-corrected chi connectivity index (χ1v) is 5.44. The zero-order valence-corrected chi connectivity index (χ0v) is 10.1. The maximum absolute atomic E-state index is 11.8. The van der Waals surface area contributed by atoms with Gasteiger partial charge in [0.2, 0.25) is 0 Å². The largest absolute Gasteiger partial charge is 0.497 e. The maximum Gasteiger partial charge on any atom is 0.253 e. The van der Waals surface area contributed by atoms with Crippen LogP contribution in [0.1, 0.15) is 23.7 Å². The highest BCUT2D eigenvalue weighted by atomic mass is 16.5. The number of hydrogen-bond donors (Lipinski definition) is 3. The molecule has 0 aromatic heterocycles. The van der Waals surface area contributed by atoms with Gasteiger partial charge in [-0.1, -0.05) is 0 Å². The molecule has 0 bridgehead atoms. The number of nitrogens with two attached hydrogens (primary N) is 1. The Balaban J connectivity index is 2.67. The normalized spacial score (nSPS) is 11.9. The van der Waals surface area contributed by atoms with Gasteiger partial charge in [0, 0.05) is 12.2 Å². The van der Waals surface area contributed by atoms with Crippen LogP contribution < -0.4 is 15.8 Å². The molecule has 5 heteroatoms. The fourth-order valence-corrected chi connectivity index (χ4v) is 1.35. The lowest BCUT2D eigenvalue weighted by molar-refractivity contribution is 0.0946. The summed E-state index contributed by atoms with van der Waals surface area (Å²) in [5.41, 5.74) is 6.50. The van der Waals surface area contributed by atoms with E-state index in [-0.39, 0.29) is 5.91 Å². The summed E-state index contributed by atoms with van der Waals surface area (Å²) >= 11 is 0.